The molecule has 6 nitrogen and oxygen atoms in total. The second-order valence-electron chi connectivity index (χ2n) is 10.9. The number of oxazole rings is 1. The monoisotopic (exact) mass is 485 g/mol. The predicted octanol–water partition coefficient (Wildman–Crippen LogP) is 6.30. The zero-order valence-electron chi connectivity index (χ0n) is 22.3. The highest BCUT2D eigenvalue weighted by Gasteiger charge is 2.30. The highest BCUT2D eigenvalue weighted by Crippen LogP contribution is 2.31. The Labute approximate surface area is 211 Å². The lowest BCUT2D eigenvalue weighted by molar-refractivity contribution is 0.0656. The Kier molecular flexibility index (Phi) is 9.73. The van der Waals surface area contributed by atoms with E-state index < -0.39 is 0 Å². The molecule has 0 bridgehead atoms. The summed E-state index contributed by atoms with van der Waals surface area (Å²) in [7, 11) is 1.65. The highest BCUT2D eigenvalue weighted by molar-refractivity contribution is 5.74. The summed E-state index contributed by atoms with van der Waals surface area (Å²) in [5.74, 6) is 2.21. The summed E-state index contributed by atoms with van der Waals surface area (Å²) in [5.41, 5.74) is 1.50. The number of fused-ring (bicyclic) bond motifs is 1. The fraction of sp³-hybridized carbons (Fsp3) is 0.759. The molecule has 2 aliphatic rings. The standard InChI is InChI=1S/C29H47N3O3/c1-4-6-8-23-12-17-30(18-13-23)19-16-28(31-20-14-24(15-21-31)9-7-5-2)32-26-11-10-25(34-3)22-27(26)35-29(32)33/h10-11,22-24,28H,4-9,12-21H2,1-3H3. The molecule has 0 aliphatic carbocycles. The third-order valence-electron chi connectivity index (χ3n) is 8.53. The van der Waals surface area contributed by atoms with Crippen molar-refractivity contribution in [3.8, 4) is 5.75 Å². The van der Waals surface area contributed by atoms with Gasteiger partial charge in [0.05, 0.1) is 18.8 Å². The van der Waals surface area contributed by atoms with Gasteiger partial charge < -0.3 is 14.1 Å². The lowest BCUT2D eigenvalue weighted by Gasteiger charge is -2.39. The van der Waals surface area contributed by atoms with Gasteiger partial charge in [-0.05, 0) is 69.2 Å². The van der Waals surface area contributed by atoms with E-state index in [0.717, 1.165) is 49.2 Å². The van der Waals surface area contributed by atoms with Crippen LogP contribution in [0.2, 0.25) is 0 Å². The van der Waals surface area contributed by atoms with Gasteiger partial charge in [-0.1, -0.05) is 52.4 Å². The van der Waals surface area contributed by atoms with Crippen LogP contribution in [0.3, 0.4) is 0 Å². The lowest BCUT2D eigenvalue weighted by Crippen LogP contribution is -2.44. The van der Waals surface area contributed by atoms with Crippen molar-refractivity contribution in [2.24, 2.45) is 11.8 Å². The first-order valence-corrected chi connectivity index (χ1v) is 14.3. The molecule has 1 aromatic carbocycles. The van der Waals surface area contributed by atoms with E-state index >= 15 is 0 Å². The molecule has 3 heterocycles. The Balaban J connectivity index is 1.48. The van der Waals surface area contributed by atoms with Crippen LogP contribution in [0.1, 0.15) is 90.6 Å². The van der Waals surface area contributed by atoms with E-state index in [0.29, 0.717) is 5.58 Å². The molecule has 0 N–H and O–H groups in total. The van der Waals surface area contributed by atoms with Crippen molar-refractivity contribution >= 4 is 11.1 Å². The van der Waals surface area contributed by atoms with Gasteiger partial charge >= 0.3 is 5.76 Å². The van der Waals surface area contributed by atoms with Crippen molar-refractivity contribution in [2.45, 2.75) is 90.6 Å². The third-order valence-corrected chi connectivity index (χ3v) is 8.53. The maximum atomic E-state index is 13.1. The first-order chi connectivity index (χ1) is 17.1. The van der Waals surface area contributed by atoms with Crippen LogP contribution in [0.4, 0.5) is 0 Å². The summed E-state index contributed by atoms with van der Waals surface area (Å²) in [5, 5.41) is 0. The first-order valence-electron chi connectivity index (χ1n) is 14.3. The van der Waals surface area contributed by atoms with Crippen LogP contribution in [-0.2, 0) is 0 Å². The SMILES string of the molecule is CCCCC1CCN(CCC(N2CCC(CCCC)CC2)n2c(=O)oc3cc(OC)ccc32)CC1. The molecule has 2 saturated heterocycles. The number of likely N-dealkylation sites (tertiary alicyclic amines) is 2. The number of ether oxygens (including phenoxy) is 1. The van der Waals surface area contributed by atoms with Crippen molar-refractivity contribution in [3.05, 3.63) is 28.7 Å². The molecule has 2 fully saturated rings. The molecule has 1 atom stereocenters. The summed E-state index contributed by atoms with van der Waals surface area (Å²) in [4.78, 5) is 18.3. The minimum absolute atomic E-state index is 0.0436. The van der Waals surface area contributed by atoms with Crippen LogP contribution in [0.5, 0.6) is 5.75 Å². The highest BCUT2D eigenvalue weighted by atomic mass is 16.5. The smallest absolute Gasteiger partial charge is 0.421 e. The number of hydrogen-bond donors (Lipinski definition) is 0. The molecule has 1 unspecified atom stereocenters. The zero-order valence-corrected chi connectivity index (χ0v) is 22.3. The van der Waals surface area contributed by atoms with Crippen LogP contribution in [0.25, 0.3) is 11.1 Å². The Hall–Kier alpha value is -1.79. The molecule has 196 valence electrons. The van der Waals surface area contributed by atoms with Gasteiger partial charge in [-0.2, -0.15) is 0 Å². The molecule has 4 rings (SSSR count). The van der Waals surface area contributed by atoms with Gasteiger partial charge in [-0.15, -0.1) is 0 Å². The Morgan fingerprint density at radius 2 is 1.60 bits per heavy atom. The molecule has 35 heavy (non-hydrogen) atoms. The van der Waals surface area contributed by atoms with E-state index in [1.165, 1.54) is 77.3 Å². The second kappa shape index (κ2) is 13.0. The largest absolute Gasteiger partial charge is 0.497 e. The number of methoxy groups -OCH3 is 1. The molecule has 0 radical (unpaired) electrons. The molecular weight excluding hydrogens is 438 g/mol. The number of nitrogens with zero attached hydrogens (tertiary/aromatic N) is 3. The number of aromatic nitrogens is 1. The maximum absolute atomic E-state index is 13.1. The van der Waals surface area contributed by atoms with E-state index in [2.05, 4.69) is 23.6 Å². The summed E-state index contributed by atoms with van der Waals surface area (Å²) >= 11 is 0. The number of rotatable bonds is 12. The third kappa shape index (κ3) is 6.71. The van der Waals surface area contributed by atoms with Gasteiger partial charge in [0.25, 0.3) is 0 Å². The van der Waals surface area contributed by atoms with Crippen LogP contribution >= 0.6 is 0 Å². The van der Waals surface area contributed by atoms with Gasteiger partial charge in [0.1, 0.15) is 5.75 Å². The van der Waals surface area contributed by atoms with E-state index in [1.807, 2.05) is 22.8 Å². The van der Waals surface area contributed by atoms with Gasteiger partial charge in [0.15, 0.2) is 5.58 Å². The molecule has 6 heteroatoms. The van der Waals surface area contributed by atoms with Crippen molar-refractivity contribution in [1.82, 2.24) is 14.4 Å². The molecule has 2 aromatic rings. The average Bonchev–Trinajstić information content (AvgIpc) is 3.22. The number of piperidine rings is 2. The first kappa shape index (κ1) is 26.3. The molecule has 0 amide bonds. The summed E-state index contributed by atoms with van der Waals surface area (Å²) in [6, 6.07) is 5.75. The molecule has 2 aliphatic heterocycles. The lowest BCUT2D eigenvalue weighted by atomic mass is 9.91. The summed E-state index contributed by atoms with van der Waals surface area (Å²) in [6.45, 7) is 10.1. The average molecular weight is 486 g/mol. The van der Waals surface area contributed by atoms with E-state index in [4.69, 9.17) is 9.15 Å². The van der Waals surface area contributed by atoms with E-state index in [1.54, 1.807) is 7.11 Å². The van der Waals surface area contributed by atoms with Crippen LogP contribution < -0.4 is 10.5 Å². The van der Waals surface area contributed by atoms with Crippen molar-refractivity contribution < 1.29 is 9.15 Å². The maximum Gasteiger partial charge on any atom is 0.421 e. The van der Waals surface area contributed by atoms with Crippen molar-refractivity contribution in [1.29, 1.82) is 0 Å². The second-order valence-corrected chi connectivity index (χ2v) is 10.9. The number of hydrogen-bond acceptors (Lipinski definition) is 5. The molecular formula is C29H47N3O3. The molecule has 0 spiro atoms. The number of benzene rings is 1. The van der Waals surface area contributed by atoms with Crippen molar-refractivity contribution in [3.63, 3.8) is 0 Å². The number of unbranched alkanes of at least 4 members (excludes halogenated alkanes) is 2. The van der Waals surface area contributed by atoms with Gasteiger partial charge in [0, 0.05) is 25.7 Å². The Morgan fingerprint density at radius 3 is 2.20 bits per heavy atom. The van der Waals surface area contributed by atoms with E-state index in [9.17, 15) is 4.79 Å². The van der Waals surface area contributed by atoms with Crippen LogP contribution in [0, 0.1) is 11.8 Å². The predicted molar refractivity (Wildman–Crippen MR) is 143 cm³/mol. The molecule has 0 saturated carbocycles. The van der Waals surface area contributed by atoms with Gasteiger partial charge in [-0.3, -0.25) is 9.47 Å². The van der Waals surface area contributed by atoms with E-state index in [-0.39, 0.29) is 11.9 Å². The topological polar surface area (TPSA) is 50.9 Å². The van der Waals surface area contributed by atoms with Crippen LogP contribution in [-0.4, -0.2) is 54.2 Å². The molecule has 1 aromatic heterocycles. The van der Waals surface area contributed by atoms with Crippen LogP contribution in [0.15, 0.2) is 27.4 Å². The minimum Gasteiger partial charge on any atom is -0.497 e. The summed E-state index contributed by atoms with van der Waals surface area (Å²) in [6.07, 6.45) is 14.1. The fourth-order valence-corrected chi connectivity index (χ4v) is 6.22. The normalized spacial score (nSPS) is 20.0. The van der Waals surface area contributed by atoms with Gasteiger partial charge in [0.2, 0.25) is 0 Å². The van der Waals surface area contributed by atoms with Crippen molar-refractivity contribution in [2.75, 3.05) is 39.8 Å². The fourth-order valence-electron chi connectivity index (χ4n) is 6.22. The minimum atomic E-state index is -0.246. The summed E-state index contributed by atoms with van der Waals surface area (Å²) < 4.78 is 13.0. The Morgan fingerprint density at radius 1 is 0.971 bits per heavy atom. The Bertz CT molecular complexity index is 952. The quantitative estimate of drug-likeness (QED) is 0.353. The zero-order chi connectivity index (χ0) is 24.6. The van der Waals surface area contributed by atoms with Gasteiger partial charge in [-0.25, -0.2) is 4.79 Å².